The molecule has 78 valence electrons. The summed E-state index contributed by atoms with van der Waals surface area (Å²) in [4.78, 5) is 22.5. The summed E-state index contributed by atoms with van der Waals surface area (Å²) in [5.74, 6) is -0.225. The lowest BCUT2D eigenvalue weighted by molar-refractivity contribution is -0.137. The third-order valence-corrected chi connectivity index (χ3v) is 1.97. The van der Waals surface area contributed by atoms with Gasteiger partial charge in [-0.25, -0.2) is 9.59 Å². The van der Waals surface area contributed by atoms with Crippen LogP contribution in [-0.2, 0) is 9.53 Å². The van der Waals surface area contributed by atoms with Crippen molar-refractivity contribution < 1.29 is 19.4 Å². The number of rotatable bonds is 3. The Morgan fingerprint density at radius 3 is 2.71 bits per heavy atom. The molecule has 0 aliphatic carbocycles. The fourth-order valence-corrected chi connectivity index (χ4v) is 1.20. The number of carboxylic acid groups (broad SMARTS) is 1. The first kappa shape index (κ1) is 10.6. The Balaban J connectivity index is 2.22. The third kappa shape index (κ3) is 2.76. The quantitative estimate of drug-likeness (QED) is 0.537. The SMILES string of the molecule is CCOC(=O)C=CC1CN(C(=O)O)C1. The van der Waals surface area contributed by atoms with Gasteiger partial charge in [0.15, 0.2) is 0 Å². The summed E-state index contributed by atoms with van der Waals surface area (Å²) in [5.41, 5.74) is 0. The Hall–Kier alpha value is -1.52. The Kier molecular flexibility index (Phi) is 3.50. The van der Waals surface area contributed by atoms with Crippen molar-refractivity contribution in [2.24, 2.45) is 5.92 Å². The molecule has 1 rings (SSSR count). The molecule has 5 heteroatoms. The summed E-state index contributed by atoms with van der Waals surface area (Å²) in [7, 11) is 0. The van der Waals surface area contributed by atoms with E-state index in [1.165, 1.54) is 11.0 Å². The number of hydrogen-bond acceptors (Lipinski definition) is 3. The van der Waals surface area contributed by atoms with Crippen LogP contribution >= 0.6 is 0 Å². The lowest BCUT2D eigenvalue weighted by Gasteiger charge is -2.35. The number of carbonyl (C=O) groups excluding carboxylic acids is 1. The second-order valence-electron chi connectivity index (χ2n) is 3.06. The fourth-order valence-electron chi connectivity index (χ4n) is 1.20. The molecule has 0 aromatic heterocycles. The molecule has 0 saturated carbocycles. The Morgan fingerprint density at radius 1 is 1.57 bits per heavy atom. The van der Waals surface area contributed by atoms with Gasteiger partial charge in [0.1, 0.15) is 0 Å². The minimum atomic E-state index is -0.911. The van der Waals surface area contributed by atoms with Crippen molar-refractivity contribution in [3.05, 3.63) is 12.2 Å². The van der Waals surface area contributed by atoms with Gasteiger partial charge in [-0.3, -0.25) is 0 Å². The number of carbonyl (C=O) groups is 2. The molecule has 0 bridgehead atoms. The van der Waals surface area contributed by atoms with Crippen LogP contribution in [-0.4, -0.2) is 41.8 Å². The summed E-state index contributed by atoms with van der Waals surface area (Å²) in [5, 5.41) is 8.52. The normalized spacial score (nSPS) is 16.8. The zero-order valence-corrected chi connectivity index (χ0v) is 7.97. The standard InChI is InChI=1S/C9H13NO4/c1-2-14-8(11)4-3-7-5-10(6-7)9(12)13/h3-4,7H,2,5-6H2,1H3,(H,12,13). The van der Waals surface area contributed by atoms with E-state index in [0.717, 1.165) is 0 Å². The minimum absolute atomic E-state index is 0.149. The fraction of sp³-hybridized carbons (Fsp3) is 0.556. The van der Waals surface area contributed by atoms with E-state index >= 15 is 0 Å². The van der Waals surface area contributed by atoms with Gasteiger partial charge in [-0.05, 0) is 6.92 Å². The van der Waals surface area contributed by atoms with Crippen LogP contribution in [0.5, 0.6) is 0 Å². The zero-order chi connectivity index (χ0) is 10.6. The van der Waals surface area contributed by atoms with Crippen molar-refractivity contribution in [1.82, 2.24) is 4.90 Å². The molecule has 0 atom stereocenters. The van der Waals surface area contributed by atoms with Gasteiger partial charge >= 0.3 is 12.1 Å². The highest BCUT2D eigenvalue weighted by atomic mass is 16.5. The number of esters is 1. The van der Waals surface area contributed by atoms with Crippen LogP contribution in [0.2, 0.25) is 0 Å². The first-order valence-corrected chi connectivity index (χ1v) is 4.46. The minimum Gasteiger partial charge on any atom is -0.465 e. The van der Waals surface area contributed by atoms with E-state index in [4.69, 9.17) is 5.11 Å². The lowest BCUT2D eigenvalue weighted by atomic mass is 10.0. The Bertz CT molecular complexity index is 256. The molecule has 0 unspecified atom stereocenters. The van der Waals surface area contributed by atoms with Gasteiger partial charge in [-0.2, -0.15) is 0 Å². The maximum absolute atomic E-state index is 10.9. The molecule has 1 amide bonds. The second kappa shape index (κ2) is 4.64. The third-order valence-electron chi connectivity index (χ3n) is 1.97. The number of nitrogens with zero attached hydrogens (tertiary/aromatic N) is 1. The number of amides is 1. The average Bonchev–Trinajstić information content (AvgIpc) is 2.01. The largest absolute Gasteiger partial charge is 0.465 e. The summed E-state index contributed by atoms with van der Waals surface area (Å²) < 4.78 is 4.68. The number of likely N-dealkylation sites (tertiary alicyclic amines) is 1. The summed E-state index contributed by atoms with van der Waals surface area (Å²) in [6.07, 6.45) is 2.14. The highest BCUT2D eigenvalue weighted by Gasteiger charge is 2.28. The van der Waals surface area contributed by atoms with Crippen molar-refractivity contribution in [3.8, 4) is 0 Å². The van der Waals surface area contributed by atoms with E-state index in [9.17, 15) is 9.59 Å². The first-order chi connectivity index (χ1) is 6.63. The lowest BCUT2D eigenvalue weighted by Crippen LogP contribution is -2.48. The van der Waals surface area contributed by atoms with Crippen LogP contribution in [0.15, 0.2) is 12.2 Å². The van der Waals surface area contributed by atoms with Gasteiger partial charge in [-0.1, -0.05) is 6.08 Å². The van der Waals surface area contributed by atoms with Gasteiger partial charge in [0.2, 0.25) is 0 Å². The van der Waals surface area contributed by atoms with Crippen LogP contribution in [0.3, 0.4) is 0 Å². The highest BCUT2D eigenvalue weighted by Crippen LogP contribution is 2.16. The van der Waals surface area contributed by atoms with Crippen molar-refractivity contribution in [1.29, 1.82) is 0 Å². The van der Waals surface area contributed by atoms with Crippen LogP contribution in [0, 0.1) is 5.92 Å². The molecule has 1 aliphatic heterocycles. The van der Waals surface area contributed by atoms with Crippen molar-refractivity contribution in [3.63, 3.8) is 0 Å². The van der Waals surface area contributed by atoms with Crippen molar-refractivity contribution in [2.75, 3.05) is 19.7 Å². The van der Waals surface area contributed by atoms with Gasteiger partial charge in [0, 0.05) is 25.1 Å². The van der Waals surface area contributed by atoms with E-state index in [0.29, 0.717) is 19.7 Å². The maximum Gasteiger partial charge on any atom is 0.407 e. The van der Waals surface area contributed by atoms with Crippen LogP contribution in [0.25, 0.3) is 0 Å². The van der Waals surface area contributed by atoms with Crippen molar-refractivity contribution in [2.45, 2.75) is 6.92 Å². The van der Waals surface area contributed by atoms with E-state index in [-0.39, 0.29) is 11.9 Å². The Morgan fingerprint density at radius 2 is 2.21 bits per heavy atom. The molecule has 0 spiro atoms. The summed E-state index contributed by atoms with van der Waals surface area (Å²) in [6, 6.07) is 0. The maximum atomic E-state index is 10.9. The first-order valence-electron chi connectivity index (χ1n) is 4.46. The molecule has 0 radical (unpaired) electrons. The molecule has 1 saturated heterocycles. The van der Waals surface area contributed by atoms with Crippen LogP contribution in [0.4, 0.5) is 4.79 Å². The molecular formula is C9H13NO4. The predicted molar refractivity (Wildman–Crippen MR) is 48.9 cm³/mol. The van der Waals surface area contributed by atoms with Gasteiger partial charge in [-0.15, -0.1) is 0 Å². The zero-order valence-electron chi connectivity index (χ0n) is 7.97. The number of hydrogen-bond donors (Lipinski definition) is 1. The average molecular weight is 199 g/mol. The number of ether oxygens (including phenoxy) is 1. The van der Waals surface area contributed by atoms with E-state index in [1.807, 2.05) is 0 Å². The second-order valence-corrected chi connectivity index (χ2v) is 3.06. The molecule has 0 aromatic carbocycles. The van der Waals surface area contributed by atoms with Gasteiger partial charge in [0.25, 0.3) is 0 Å². The van der Waals surface area contributed by atoms with Crippen LogP contribution < -0.4 is 0 Å². The van der Waals surface area contributed by atoms with Gasteiger partial charge < -0.3 is 14.7 Å². The molecule has 5 nitrogen and oxygen atoms in total. The molecule has 14 heavy (non-hydrogen) atoms. The summed E-state index contributed by atoms with van der Waals surface area (Å²) in [6.45, 7) is 3.02. The van der Waals surface area contributed by atoms with E-state index < -0.39 is 6.09 Å². The summed E-state index contributed by atoms with van der Waals surface area (Å²) >= 11 is 0. The molecule has 1 N–H and O–H groups in total. The van der Waals surface area contributed by atoms with E-state index in [2.05, 4.69) is 4.74 Å². The molecule has 1 heterocycles. The Labute approximate surface area is 82.0 Å². The molecular weight excluding hydrogens is 186 g/mol. The highest BCUT2D eigenvalue weighted by molar-refractivity contribution is 5.82. The monoisotopic (exact) mass is 199 g/mol. The topological polar surface area (TPSA) is 66.8 Å². The molecule has 0 aromatic rings. The van der Waals surface area contributed by atoms with Crippen molar-refractivity contribution >= 4 is 12.1 Å². The molecule has 1 aliphatic rings. The van der Waals surface area contributed by atoms with Crippen LogP contribution in [0.1, 0.15) is 6.92 Å². The van der Waals surface area contributed by atoms with Gasteiger partial charge in [0.05, 0.1) is 6.61 Å². The van der Waals surface area contributed by atoms with E-state index in [1.54, 1.807) is 13.0 Å². The smallest absolute Gasteiger partial charge is 0.407 e. The predicted octanol–water partition coefficient (Wildman–Crippen LogP) is 0.716. The molecule has 1 fully saturated rings.